The van der Waals surface area contributed by atoms with E-state index in [2.05, 4.69) is 242 Å². The highest BCUT2D eigenvalue weighted by Crippen LogP contribution is 2.53. The Morgan fingerprint density at radius 2 is 0.797 bits per heavy atom. The minimum absolute atomic E-state index is 0.249. The number of anilines is 6. The zero-order valence-corrected chi connectivity index (χ0v) is 33.2. The third kappa shape index (κ3) is 5.71. The van der Waals surface area contributed by atoms with E-state index >= 15 is 0 Å². The smallest absolute Gasteiger partial charge is 0.0546 e. The van der Waals surface area contributed by atoms with Gasteiger partial charge in [-0.1, -0.05) is 159 Å². The van der Waals surface area contributed by atoms with Crippen molar-refractivity contribution < 1.29 is 0 Å². The molecule has 280 valence electrons. The maximum Gasteiger partial charge on any atom is 0.0546 e. The second kappa shape index (κ2) is 13.9. The number of para-hydroxylation sites is 3. The molecule has 0 aromatic heterocycles. The molecule has 59 heavy (non-hydrogen) atoms. The summed E-state index contributed by atoms with van der Waals surface area (Å²) in [6, 6.07) is 79.8. The first-order chi connectivity index (χ1) is 29.0. The highest BCUT2D eigenvalue weighted by atomic mass is 15.1. The second-order valence-corrected chi connectivity index (χ2v) is 16.1. The van der Waals surface area contributed by atoms with Crippen LogP contribution in [0.4, 0.5) is 34.1 Å². The third-order valence-corrected chi connectivity index (χ3v) is 12.4. The lowest BCUT2D eigenvalue weighted by Crippen LogP contribution is -2.24. The van der Waals surface area contributed by atoms with E-state index in [0.717, 1.165) is 34.1 Å². The Kier molecular flexibility index (Phi) is 8.20. The van der Waals surface area contributed by atoms with Crippen molar-refractivity contribution >= 4 is 66.4 Å². The molecule has 0 atom stereocenters. The molecule has 0 amide bonds. The van der Waals surface area contributed by atoms with E-state index < -0.39 is 0 Å². The van der Waals surface area contributed by atoms with Crippen LogP contribution in [0.1, 0.15) is 25.0 Å². The van der Waals surface area contributed by atoms with Gasteiger partial charge in [-0.15, -0.1) is 0 Å². The van der Waals surface area contributed by atoms with Crippen LogP contribution >= 0.6 is 0 Å². The highest BCUT2D eigenvalue weighted by Gasteiger charge is 2.35. The van der Waals surface area contributed by atoms with Crippen LogP contribution in [-0.2, 0) is 5.41 Å². The van der Waals surface area contributed by atoms with Gasteiger partial charge < -0.3 is 9.80 Å². The fraction of sp³-hybridized carbons (Fsp3) is 0.0526. The van der Waals surface area contributed by atoms with Gasteiger partial charge in [0.1, 0.15) is 0 Å². The maximum absolute atomic E-state index is 2.48. The predicted octanol–water partition coefficient (Wildman–Crippen LogP) is 16.1. The molecule has 1 aliphatic carbocycles. The van der Waals surface area contributed by atoms with Crippen molar-refractivity contribution in [3.8, 4) is 22.3 Å². The molecule has 0 aliphatic heterocycles. The Labute approximate surface area is 345 Å². The van der Waals surface area contributed by atoms with Crippen molar-refractivity contribution in [2.75, 3.05) is 9.80 Å². The van der Waals surface area contributed by atoms with Crippen molar-refractivity contribution in [3.63, 3.8) is 0 Å². The SMILES string of the molecule is CC1(C)c2cc(N(c3ccccc3)c3ccccc3)ccc2-c2cc3c4ccccc4c(N(c4ccccc4)c4ccc(-c5ccccc5)cc4)cc3c3cccc1c23. The Bertz CT molecular complexity index is 3110. The summed E-state index contributed by atoms with van der Waals surface area (Å²) in [6.07, 6.45) is 0. The van der Waals surface area contributed by atoms with Gasteiger partial charge in [0.25, 0.3) is 0 Å². The molecule has 11 rings (SSSR count). The van der Waals surface area contributed by atoms with Gasteiger partial charge in [-0.25, -0.2) is 0 Å². The monoisotopic (exact) mass is 754 g/mol. The largest absolute Gasteiger partial charge is 0.310 e. The van der Waals surface area contributed by atoms with Gasteiger partial charge in [0.2, 0.25) is 0 Å². The van der Waals surface area contributed by atoms with Gasteiger partial charge in [-0.3, -0.25) is 0 Å². The van der Waals surface area contributed by atoms with Crippen LogP contribution in [-0.4, -0.2) is 0 Å². The Morgan fingerprint density at radius 1 is 0.305 bits per heavy atom. The maximum atomic E-state index is 2.48. The van der Waals surface area contributed by atoms with Crippen molar-refractivity contribution in [2.24, 2.45) is 0 Å². The number of rotatable bonds is 7. The number of fused-ring (bicyclic) bond motifs is 6. The van der Waals surface area contributed by atoms with Gasteiger partial charge in [0, 0.05) is 39.2 Å². The Morgan fingerprint density at radius 3 is 1.44 bits per heavy atom. The third-order valence-electron chi connectivity index (χ3n) is 12.4. The van der Waals surface area contributed by atoms with Gasteiger partial charge in [-0.2, -0.15) is 0 Å². The van der Waals surface area contributed by atoms with Crippen LogP contribution in [0.15, 0.2) is 218 Å². The first-order valence-electron chi connectivity index (χ1n) is 20.5. The van der Waals surface area contributed by atoms with Crippen molar-refractivity contribution in [1.29, 1.82) is 0 Å². The lowest BCUT2D eigenvalue weighted by molar-refractivity contribution is 0.645. The molecule has 0 fully saturated rings. The zero-order chi connectivity index (χ0) is 39.5. The quantitative estimate of drug-likeness (QED) is 0.150. The summed E-state index contributed by atoms with van der Waals surface area (Å²) in [5.74, 6) is 0. The van der Waals surface area contributed by atoms with E-state index in [4.69, 9.17) is 0 Å². The summed E-state index contributed by atoms with van der Waals surface area (Å²) in [4.78, 5) is 4.80. The molecule has 0 bridgehead atoms. The molecule has 0 spiro atoms. The van der Waals surface area contributed by atoms with Crippen LogP contribution in [0.5, 0.6) is 0 Å². The molecule has 0 heterocycles. The van der Waals surface area contributed by atoms with Crippen LogP contribution in [0.3, 0.4) is 0 Å². The predicted molar refractivity (Wildman–Crippen MR) is 251 cm³/mol. The molecule has 10 aromatic rings. The average Bonchev–Trinajstić information content (AvgIpc) is 3.30. The topological polar surface area (TPSA) is 6.48 Å². The van der Waals surface area contributed by atoms with Crippen molar-refractivity contribution in [1.82, 2.24) is 0 Å². The van der Waals surface area contributed by atoms with E-state index in [-0.39, 0.29) is 5.41 Å². The summed E-state index contributed by atoms with van der Waals surface area (Å²) >= 11 is 0. The van der Waals surface area contributed by atoms with Crippen LogP contribution in [0.2, 0.25) is 0 Å². The second-order valence-electron chi connectivity index (χ2n) is 16.1. The first kappa shape index (κ1) is 34.8. The van der Waals surface area contributed by atoms with E-state index in [1.54, 1.807) is 0 Å². The van der Waals surface area contributed by atoms with E-state index in [9.17, 15) is 0 Å². The Balaban J connectivity index is 1.14. The first-order valence-corrected chi connectivity index (χ1v) is 20.5. The fourth-order valence-corrected chi connectivity index (χ4v) is 9.57. The van der Waals surface area contributed by atoms with Crippen LogP contribution in [0, 0.1) is 0 Å². The van der Waals surface area contributed by atoms with E-state index in [1.807, 2.05) is 0 Å². The van der Waals surface area contributed by atoms with Crippen LogP contribution < -0.4 is 9.80 Å². The summed E-state index contributed by atoms with van der Waals surface area (Å²) in [7, 11) is 0. The molecule has 0 radical (unpaired) electrons. The molecule has 0 unspecified atom stereocenters. The standard InChI is InChI=1S/C57H42N2/c1-57(2)53-29-17-28-49-51-38-55(59(43-24-13-6-14-25-43)44-32-30-40(31-33-44)39-18-7-3-8-19-39)48-27-16-15-26-46(48)50(51)37-52(56(49)53)47-35-34-45(36-54(47)57)58(41-20-9-4-10-21-41)42-22-11-5-12-23-42/h3-38H,1-2H3. The van der Waals surface area contributed by atoms with Gasteiger partial charge in [0.15, 0.2) is 0 Å². The van der Waals surface area contributed by atoms with Crippen molar-refractivity contribution in [3.05, 3.63) is 230 Å². The Hall–Kier alpha value is -7.42. The summed E-state index contributed by atoms with van der Waals surface area (Å²) < 4.78 is 0. The van der Waals surface area contributed by atoms with E-state index in [0.29, 0.717) is 0 Å². The summed E-state index contributed by atoms with van der Waals surface area (Å²) in [5, 5.41) is 7.61. The fourth-order valence-electron chi connectivity index (χ4n) is 9.57. The lowest BCUT2D eigenvalue weighted by atomic mass is 9.68. The molecule has 10 aromatic carbocycles. The summed E-state index contributed by atoms with van der Waals surface area (Å²) in [5.41, 5.74) is 14.3. The zero-order valence-electron chi connectivity index (χ0n) is 33.2. The van der Waals surface area contributed by atoms with E-state index in [1.165, 1.54) is 65.7 Å². The number of nitrogens with zero attached hydrogens (tertiary/aromatic N) is 2. The molecule has 2 heteroatoms. The molecular formula is C57H42N2. The molecule has 0 saturated heterocycles. The lowest BCUT2D eigenvalue weighted by Gasteiger charge is -2.37. The summed E-state index contributed by atoms with van der Waals surface area (Å²) in [6.45, 7) is 4.80. The normalized spacial score (nSPS) is 12.7. The molecule has 0 saturated carbocycles. The highest BCUT2D eigenvalue weighted by molar-refractivity contribution is 6.25. The minimum Gasteiger partial charge on any atom is -0.310 e. The van der Waals surface area contributed by atoms with Crippen LogP contribution in [0.25, 0.3) is 54.6 Å². The number of benzene rings is 10. The molecular weight excluding hydrogens is 713 g/mol. The molecule has 1 aliphatic rings. The van der Waals surface area contributed by atoms with Gasteiger partial charge in [0.05, 0.1) is 5.69 Å². The number of hydrogen-bond acceptors (Lipinski definition) is 2. The molecule has 0 N–H and O–H groups in total. The number of hydrogen-bond donors (Lipinski definition) is 0. The minimum atomic E-state index is -0.249. The van der Waals surface area contributed by atoms with Gasteiger partial charge >= 0.3 is 0 Å². The average molecular weight is 755 g/mol. The molecule has 2 nitrogen and oxygen atoms in total. The van der Waals surface area contributed by atoms with Gasteiger partial charge in [-0.05, 0) is 133 Å². The van der Waals surface area contributed by atoms with Crippen molar-refractivity contribution in [2.45, 2.75) is 19.3 Å².